The predicted molar refractivity (Wildman–Crippen MR) is 130 cm³/mol. The first-order chi connectivity index (χ1) is 18.7. The fourth-order valence-electron chi connectivity index (χ4n) is 3.65. The van der Waals surface area contributed by atoms with Crippen molar-refractivity contribution in [2.75, 3.05) is 11.5 Å². The molecular weight excluding hydrogens is 539 g/mol. The summed E-state index contributed by atoms with van der Waals surface area (Å²) in [5.74, 6) is -0.593. The van der Waals surface area contributed by atoms with Crippen molar-refractivity contribution in [3.05, 3.63) is 49.0 Å². The Kier molecular flexibility index (Phi) is 5.65. The molecule has 0 fully saturated rings. The van der Waals surface area contributed by atoms with E-state index in [1.807, 2.05) is 0 Å². The first kappa shape index (κ1) is 24.3. The zero-order chi connectivity index (χ0) is 27.3. The number of imidazole rings is 2. The summed E-state index contributed by atoms with van der Waals surface area (Å²) in [6.45, 7) is -1.33. The molecule has 18 nitrogen and oxygen atoms in total. The summed E-state index contributed by atoms with van der Waals surface area (Å²) in [7, 11) is -4.82. The van der Waals surface area contributed by atoms with Crippen LogP contribution in [0.3, 0.4) is 0 Å². The Morgan fingerprint density at radius 3 is 2.03 bits per heavy atom. The largest absolute Gasteiger partial charge is 0.527 e. The van der Waals surface area contributed by atoms with E-state index in [1.54, 1.807) is 0 Å². The zero-order valence-electron chi connectivity index (χ0n) is 19.4. The first-order valence-corrected chi connectivity index (χ1v) is 12.3. The summed E-state index contributed by atoms with van der Waals surface area (Å²) >= 11 is 0. The van der Waals surface area contributed by atoms with Crippen molar-refractivity contribution in [3.8, 4) is 23.3 Å². The van der Waals surface area contributed by atoms with Crippen LogP contribution >= 0.6 is 7.82 Å². The highest BCUT2D eigenvalue weighted by Gasteiger charge is 2.29. The molecule has 1 atom stereocenters. The van der Waals surface area contributed by atoms with E-state index in [1.165, 1.54) is 46.6 Å². The molecule has 7 N–H and O–H groups in total. The number of aliphatic hydroxyl groups is 1. The zero-order valence-corrected chi connectivity index (χ0v) is 20.3. The number of furan rings is 2. The Morgan fingerprint density at radius 2 is 1.44 bits per heavy atom. The number of nitrogens with zero attached hydrogens (tertiary/aromatic N) is 8. The Morgan fingerprint density at radius 1 is 0.872 bits per heavy atom. The lowest BCUT2D eigenvalue weighted by molar-refractivity contribution is 0.175. The number of rotatable bonds is 8. The minimum absolute atomic E-state index is 0.0555. The van der Waals surface area contributed by atoms with Crippen molar-refractivity contribution in [1.29, 1.82) is 0 Å². The number of aromatic hydroxyl groups is 1. The lowest BCUT2D eigenvalue weighted by Gasteiger charge is -2.11. The quantitative estimate of drug-likeness (QED) is 0.165. The van der Waals surface area contributed by atoms with Crippen LogP contribution in [0.4, 0.5) is 11.6 Å². The average Bonchev–Trinajstić information content (AvgIpc) is 3.68. The highest BCUT2D eigenvalue weighted by Crippen LogP contribution is 2.47. The summed E-state index contributed by atoms with van der Waals surface area (Å²) in [6, 6.07) is 2.47. The number of hydrogen-bond acceptors (Lipinski definition) is 15. The van der Waals surface area contributed by atoms with Crippen molar-refractivity contribution >= 4 is 41.8 Å². The van der Waals surface area contributed by atoms with Gasteiger partial charge in [0, 0.05) is 12.1 Å². The molecule has 6 rings (SSSR count). The summed E-state index contributed by atoms with van der Waals surface area (Å²) in [4.78, 5) is 34.4. The predicted octanol–water partition coefficient (Wildman–Crippen LogP) is 1.19. The average molecular weight is 556 g/mol. The highest BCUT2D eigenvalue weighted by atomic mass is 31.2. The molecule has 6 aromatic rings. The fourth-order valence-corrected chi connectivity index (χ4v) is 4.39. The molecule has 19 heteroatoms. The number of phosphoric ester groups is 1. The van der Waals surface area contributed by atoms with Crippen molar-refractivity contribution < 1.29 is 37.6 Å². The topological polar surface area (TPSA) is 262 Å². The van der Waals surface area contributed by atoms with Gasteiger partial charge in [0.15, 0.2) is 57.0 Å². The second kappa shape index (κ2) is 9.07. The van der Waals surface area contributed by atoms with E-state index in [0.29, 0.717) is 22.3 Å². The summed E-state index contributed by atoms with van der Waals surface area (Å²) in [5, 5.41) is 20.0. The molecule has 0 amide bonds. The van der Waals surface area contributed by atoms with Gasteiger partial charge in [-0.1, -0.05) is 0 Å². The van der Waals surface area contributed by atoms with E-state index >= 15 is 0 Å². The summed E-state index contributed by atoms with van der Waals surface area (Å²) in [6.07, 6.45) is 5.17. The number of aromatic nitrogens is 8. The Labute approximate surface area is 215 Å². The van der Waals surface area contributed by atoms with Crippen molar-refractivity contribution in [2.45, 2.75) is 13.2 Å². The maximum absolute atomic E-state index is 12.7. The number of hydrogen-bond donors (Lipinski definition) is 5. The van der Waals surface area contributed by atoms with Crippen LogP contribution in [0.5, 0.6) is 11.5 Å². The number of anilines is 2. The monoisotopic (exact) mass is 556 g/mol. The smallest absolute Gasteiger partial charge is 0.504 e. The molecule has 0 saturated carbocycles. The summed E-state index contributed by atoms with van der Waals surface area (Å²) < 4.78 is 36.7. The molecule has 0 bridgehead atoms. The molecule has 0 aliphatic carbocycles. The Bertz CT molecular complexity index is 1890. The molecule has 0 aromatic carbocycles. The van der Waals surface area contributed by atoms with Crippen LogP contribution < -0.4 is 16.0 Å². The molecule has 1 unspecified atom stereocenters. The third kappa shape index (κ3) is 4.28. The van der Waals surface area contributed by atoms with Gasteiger partial charge in [-0.2, -0.15) is 0 Å². The standard InChI is InChI=1S/C20H17N10O8P/c21-17-15-19(25-5-23-17)29(7-27-15)13-1-9(32)12(37-13)4-35-39(33,34)38-10-2-14(36-11(10)3-31)30-8-28-16-18(22)24-6-26-20(16)30/h1-2,5-8,31-32H,3-4H2,(H,33,34)(H2,21,23,25)(H2,22,24,26). The SMILES string of the molecule is Nc1ncnc2c1ncn2-c1cc(O)c(COP(=O)(O)Oc2cc(-n3cnc4c(N)ncnc43)oc2CO)o1. The molecule has 6 heterocycles. The van der Waals surface area contributed by atoms with Crippen molar-refractivity contribution in [3.63, 3.8) is 0 Å². The fraction of sp³-hybridized carbons (Fsp3) is 0.100. The van der Waals surface area contributed by atoms with E-state index in [9.17, 15) is 19.7 Å². The van der Waals surface area contributed by atoms with Crippen LogP contribution in [-0.2, 0) is 22.3 Å². The number of aliphatic hydroxyl groups excluding tert-OH is 1. The van der Waals surface area contributed by atoms with Gasteiger partial charge < -0.3 is 35.0 Å². The van der Waals surface area contributed by atoms with Gasteiger partial charge in [0.25, 0.3) is 0 Å². The molecule has 0 aliphatic rings. The van der Waals surface area contributed by atoms with Gasteiger partial charge in [0.2, 0.25) is 11.8 Å². The second-order valence-electron chi connectivity index (χ2n) is 7.85. The maximum Gasteiger partial charge on any atom is 0.527 e. The van der Waals surface area contributed by atoms with Gasteiger partial charge in [0.1, 0.15) is 38.5 Å². The van der Waals surface area contributed by atoms with Crippen LogP contribution in [0.15, 0.2) is 46.3 Å². The van der Waals surface area contributed by atoms with Crippen molar-refractivity contribution in [2.24, 2.45) is 0 Å². The number of fused-ring (bicyclic) bond motifs is 2. The number of nitrogen functional groups attached to an aromatic ring is 2. The minimum atomic E-state index is -4.82. The van der Waals surface area contributed by atoms with Gasteiger partial charge in [-0.15, -0.1) is 0 Å². The minimum Gasteiger partial charge on any atom is -0.504 e. The van der Waals surface area contributed by atoms with E-state index < -0.39 is 21.0 Å². The lowest BCUT2D eigenvalue weighted by Crippen LogP contribution is -1.99. The van der Waals surface area contributed by atoms with Crippen LogP contribution in [0.1, 0.15) is 11.5 Å². The first-order valence-electron chi connectivity index (χ1n) is 10.8. The number of phosphoric acid groups is 1. The van der Waals surface area contributed by atoms with E-state index in [0.717, 1.165) is 0 Å². The summed E-state index contributed by atoms with van der Waals surface area (Å²) in [5.41, 5.74) is 12.8. The molecule has 39 heavy (non-hydrogen) atoms. The van der Waals surface area contributed by atoms with Gasteiger partial charge in [-0.05, 0) is 0 Å². The third-order valence-electron chi connectivity index (χ3n) is 5.45. The lowest BCUT2D eigenvalue weighted by atomic mass is 10.4. The van der Waals surface area contributed by atoms with E-state index in [-0.39, 0.29) is 46.4 Å². The second-order valence-corrected chi connectivity index (χ2v) is 9.23. The van der Waals surface area contributed by atoms with Gasteiger partial charge >= 0.3 is 7.82 Å². The van der Waals surface area contributed by atoms with Gasteiger partial charge in [0.05, 0.1) is 0 Å². The van der Waals surface area contributed by atoms with Gasteiger partial charge in [-0.25, -0.2) is 34.5 Å². The maximum atomic E-state index is 12.7. The van der Waals surface area contributed by atoms with Crippen LogP contribution in [0.25, 0.3) is 34.1 Å². The highest BCUT2D eigenvalue weighted by molar-refractivity contribution is 7.47. The molecule has 0 saturated heterocycles. The Balaban J connectivity index is 1.21. The molecular formula is C20H17N10O8P. The molecule has 0 radical (unpaired) electrons. The molecule has 0 aliphatic heterocycles. The van der Waals surface area contributed by atoms with Crippen LogP contribution in [0.2, 0.25) is 0 Å². The van der Waals surface area contributed by atoms with E-state index in [2.05, 4.69) is 29.9 Å². The molecule has 0 spiro atoms. The molecule has 200 valence electrons. The molecule has 6 aromatic heterocycles. The van der Waals surface area contributed by atoms with Gasteiger partial charge in [-0.3, -0.25) is 18.6 Å². The normalized spacial score (nSPS) is 13.3. The number of nitrogens with two attached hydrogens (primary N) is 2. The van der Waals surface area contributed by atoms with Crippen LogP contribution in [-0.4, -0.2) is 54.1 Å². The van der Waals surface area contributed by atoms with Crippen molar-refractivity contribution in [1.82, 2.24) is 39.0 Å². The Hall–Kier alpha value is -5.03. The van der Waals surface area contributed by atoms with E-state index in [4.69, 9.17) is 29.3 Å². The third-order valence-corrected chi connectivity index (χ3v) is 6.33. The van der Waals surface area contributed by atoms with Crippen LogP contribution in [0, 0.1) is 0 Å².